The number of rotatable bonds is 5. The number of aliphatic hydroxyl groups is 1. The van der Waals surface area contributed by atoms with Crippen molar-refractivity contribution in [2.24, 2.45) is 11.8 Å². The highest BCUT2D eigenvalue weighted by molar-refractivity contribution is 5.77. The van der Waals surface area contributed by atoms with Gasteiger partial charge in [0.1, 0.15) is 12.4 Å². The Morgan fingerprint density at radius 3 is 2.82 bits per heavy atom. The number of aryl methyl sites for hydroxylation is 1. The molecule has 22 heavy (non-hydrogen) atoms. The lowest BCUT2D eigenvalue weighted by Gasteiger charge is -2.18. The van der Waals surface area contributed by atoms with Crippen molar-refractivity contribution >= 4 is 5.91 Å². The first-order chi connectivity index (χ1) is 10.6. The van der Waals surface area contributed by atoms with Gasteiger partial charge in [-0.05, 0) is 54.9 Å². The first-order valence-electron chi connectivity index (χ1n) is 7.94. The van der Waals surface area contributed by atoms with E-state index in [4.69, 9.17) is 5.11 Å². The van der Waals surface area contributed by atoms with Crippen molar-refractivity contribution in [3.05, 3.63) is 35.1 Å². The van der Waals surface area contributed by atoms with E-state index in [2.05, 4.69) is 10.2 Å². The number of hydrogen-bond donors (Lipinski definition) is 2. The molecule has 2 atom stereocenters. The molecule has 1 heterocycles. The normalized spacial score (nSPS) is 25.4. The van der Waals surface area contributed by atoms with Crippen molar-refractivity contribution in [3.8, 4) is 0 Å². The summed E-state index contributed by atoms with van der Waals surface area (Å²) < 4.78 is 13.2. The van der Waals surface area contributed by atoms with Crippen LogP contribution in [0.25, 0.3) is 0 Å². The van der Waals surface area contributed by atoms with Crippen LogP contribution in [0.5, 0.6) is 0 Å². The molecule has 2 N–H and O–H groups in total. The maximum Gasteiger partial charge on any atom is 0.245 e. The zero-order valence-corrected chi connectivity index (χ0v) is 12.9. The lowest BCUT2D eigenvalue weighted by atomic mass is 9.98. The van der Waals surface area contributed by atoms with Crippen molar-refractivity contribution in [2.45, 2.75) is 32.4 Å². The molecule has 0 bridgehead atoms. The van der Waals surface area contributed by atoms with Crippen LogP contribution in [0.15, 0.2) is 18.2 Å². The molecule has 1 aliphatic heterocycles. The number of carbonyl (C=O) groups is 1. The number of nitrogens with one attached hydrogen (secondary N) is 1. The van der Waals surface area contributed by atoms with Crippen molar-refractivity contribution < 1.29 is 14.3 Å². The molecule has 0 unspecified atom stereocenters. The Bertz CT molecular complexity index is 560. The molecule has 0 aromatic heterocycles. The molecule has 4 nitrogen and oxygen atoms in total. The smallest absolute Gasteiger partial charge is 0.245 e. The lowest BCUT2D eigenvalue weighted by Crippen LogP contribution is -2.42. The zero-order valence-electron chi connectivity index (χ0n) is 12.9. The Labute approximate surface area is 130 Å². The summed E-state index contributed by atoms with van der Waals surface area (Å²) in [6.45, 7) is 4.01. The third kappa shape index (κ3) is 3.47. The molecular weight excluding hydrogens is 283 g/mol. The average molecular weight is 306 g/mol. The topological polar surface area (TPSA) is 52.6 Å². The van der Waals surface area contributed by atoms with E-state index in [-0.39, 0.29) is 17.8 Å². The second kappa shape index (κ2) is 6.34. The van der Waals surface area contributed by atoms with E-state index in [0.717, 1.165) is 30.8 Å². The summed E-state index contributed by atoms with van der Waals surface area (Å²) in [5.41, 5.74) is 2.09. The van der Waals surface area contributed by atoms with Crippen LogP contribution >= 0.6 is 0 Å². The largest absolute Gasteiger partial charge is 0.387 e. The summed E-state index contributed by atoms with van der Waals surface area (Å²) in [4.78, 5) is 13.8. The molecule has 1 amide bonds. The lowest BCUT2D eigenvalue weighted by molar-refractivity contribution is -0.124. The van der Waals surface area contributed by atoms with E-state index in [1.807, 2.05) is 13.0 Å². The van der Waals surface area contributed by atoms with Gasteiger partial charge in [0, 0.05) is 25.7 Å². The molecule has 0 spiro atoms. The minimum Gasteiger partial charge on any atom is -0.387 e. The van der Waals surface area contributed by atoms with Gasteiger partial charge in [-0.2, -0.15) is 0 Å². The van der Waals surface area contributed by atoms with Gasteiger partial charge in [0.2, 0.25) is 5.91 Å². The van der Waals surface area contributed by atoms with Crippen LogP contribution in [0.4, 0.5) is 4.39 Å². The highest BCUT2D eigenvalue weighted by atomic mass is 19.1. The van der Waals surface area contributed by atoms with E-state index < -0.39 is 6.61 Å². The monoisotopic (exact) mass is 306 g/mol. The third-order valence-corrected chi connectivity index (χ3v) is 4.86. The van der Waals surface area contributed by atoms with Gasteiger partial charge in [-0.1, -0.05) is 6.07 Å². The molecule has 2 fully saturated rings. The van der Waals surface area contributed by atoms with Crippen molar-refractivity contribution in [1.29, 1.82) is 0 Å². The first-order valence-corrected chi connectivity index (χ1v) is 7.94. The molecule has 2 aliphatic rings. The predicted octanol–water partition coefficient (Wildman–Crippen LogP) is 1.45. The minimum atomic E-state index is -0.453. The number of carbonyl (C=O) groups excluding carboxylic acids is 1. The fraction of sp³-hybridized carbons (Fsp3) is 0.588. The quantitative estimate of drug-likeness (QED) is 0.866. The van der Waals surface area contributed by atoms with Crippen LogP contribution in [0, 0.1) is 24.6 Å². The van der Waals surface area contributed by atoms with E-state index in [0.29, 0.717) is 11.8 Å². The molecular formula is C17H23FN2O2. The van der Waals surface area contributed by atoms with E-state index in [1.165, 1.54) is 18.9 Å². The molecule has 1 aliphatic carbocycles. The Balaban J connectivity index is 1.66. The summed E-state index contributed by atoms with van der Waals surface area (Å²) >= 11 is 0. The molecule has 1 aromatic rings. The average Bonchev–Trinajstić information content (AvgIpc) is 3.25. The van der Waals surface area contributed by atoms with Gasteiger partial charge in [0.25, 0.3) is 0 Å². The molecule has 1 aromatic carbocycles. The summed E-state index contributed by atoms with van der Waals surface area (Å²) in [6.07, 6.45) is 2.47. The van der Waals surface area contributed by atoms with Gasteiger partial charge < -0.3 is 10.4 Å². The SMILES string of the molecule is Cc1cc(F)ccc1CN1C[C@@H](NC(=O)CO)[C@H](C2CC2)C1. The third-order valence-electron chi connectivity index (χ3n) is 4.86. The zero-order chi connectivity index (χ0) is 15.7. The van der Waals surface area contributed by atoms with Crippen molar-refractivity contribution in [2.75, 3.05) is 19.7 Å². The number of likely N-dealkylation sites (tertiary alicyclic amines) is 1. The van der Waals surface area contributed by atoms with Crippen LogP contribution < -0.4 is 5.32 Å². The Hall–Kier alpha value is -1.46. The number of amides is 1. The number of aliphatic hydroxyl groups excluding tert-OH is 1. The van der Waals surface area contributed by atoms with Gasteiger partial charge in [-0.3, -0.25) is 9.69 Å². The van der Waals surface area contributed by atoms with Crippen LogP contribution in [0.2, 0.25) is 0 Å². The molecule has 1 saturated heterocycles. The van der Waals surface area contributed by atoms with Crippen LogP contribution in [-0.4, -0.2) is 41.7 Å². The van der Waals surface area contributed by atoms with Gasteiger partial charge in [-0.25, -0.2) is 4.39 Å². The standard InChI is InChI=1S/C17H23FN2O2/c1-11-6-14(18)5-4-13(11)7-20-8-15(12-2-3-12)16(9-20)19-17(22)10-21/h4-6,12,15-16,21H,2-3,7-10H2,1H3,(H,19,22)/t15-,16+/m0/s1. The molecule has 1 saturated carbocycles. The fourth-order valence-electron chi connectivity index (χ4n) is 3.53. The van der Waals surface area contributed by atoms with Crippen LogP contribution in [-0.2, 0) is 11.3 Å². The van der Waals surface area contributed by atoms with Crippen molar-refractivity contribution in [1.82, 2.24) is 10.2 Å². The molecule has 120 valence electrons. The summed E-state index contributed by atoms with van der Waals surface area (Å²) in [5, 5.41) is 11.9. The number of halogens is 1. The second-order valence-corrected chi connectivity index (χ2v) is 6.60. The highest BCUT2D eigenvalue weighted by Crippen LogP contribution is 2.41. The molecule has 0 radical (unpaired) electrons. The maximum atomic E-state index is 13.2. The van der Waals surface area contributed by atoms with Gasteiger partial charge in [0.05, 0.1) is 0 Å². The Morgan fingerprint density at radius 1 is 1.41 bits per heavy atom. The van der Waals surface area contributed by atoms with Gasteiger partial charge in [0.15, 0.2) is 0 Å². The number of benzene rings is 1. The van der Waals surface area contributed by atoms with Gasteiger partial charge >= 0.3 is 0 Å². The Kier molecular flexibility index (Phi) is 4.45. The summed E-state index contributed by atoms with van der Waals surface area (Å²) in [5.74, 6) is 0.668. The first kappa shape index (κ1) is 15.4. The maximum absolute atomic E-state index is 13.2. The van der Waals surface area contributed by atoms with Crippen LogP contribution in [0.3, 0.4) is 0 Å². The van der Waals surface area contributed by atoms with Crippen molar-refractivity contribution in [3.63, 3.8) is 0 Å². The number of nitrogens with zero attached hydrogens (tertiary/aromatic N) is 1. The molecule has 5 heteroatoms. The molecule has 3 rings (SSSR count). The van der Waals surface area contributed by atoms with Crippen LogP contribution in [0.1, 0.15) is 24.0 Å². The number of hydrogen-bond acceptors (Lipinski definition) is 3. The minimum absolute atomic E-state index is 0.118. The summed E-state index contributed by atoms with van der Waals surface area (Å²) in [6, 6.07) is 5.03. The van der Waals surface area contributed by atoms with E-state index in [9.17, 15) is 9.18 Å². The van der Waals surface area contributed by atoms with Gasteiger partial charge in [-0.15, -0.1) is 0 Å². The predicted molar refractivity (Wildman–Crippen MR) is 81.6 cm³/mol. The highest BCUT2D eigenvalue weighted by Gasteiger charge is 2.42. The summed E-state index contributed by atoms with van der Waals surface area (Å²) in [7, 11) is 0. The second-order valence-electron chi connectivity index (χ2n) is 6.60. The van der Waals surface area contributed by atoms with E-state index >= 15 is 0 Å². The fourth-order valence-corrected chi connectivity index (χ4v) is 3.53. The van der Waals surface area contributed by atoms with E-state index in [1.54, 1.807) is 6.07 Å². The Morgan fingerprint density at radius 2 is 2.18 bits per heavy atom.